The molecule has 0 radical (unpaired) electrons. The topological polar surface area (TPSA) is 72.9 Å². The van der Waals surface area contributed by atoms with Crippen molar-refractivity contribution in [2.45, 2.75) is 57.9 Å². The van der Waals surface area contributed by atoms with Crippen molar-refractivity contribution >= 4 is 17.7 Å². The van der Waals surface area contributed by atoms with Crippen LogP contribution >= 0.6 is 0 Å². The first-order chi connectivity index (χ1) is 12.8. The van der Waals surface area contributed by atoms with Crippen molar-refractivity contribution in [1.82, 2.24) is 10.2 Å². The molecule has 6 nitrogen and oxygen atoms in total. The van der Waals surface area contributed by atoms with E-state index >= 15 is 0 Å². The van der Waals surface area contributed by atoms with E-state index in [-0.39, 0.29) is 6.54 Å². The summed E-state index contributed by atoms with van der Waals surface area (Å²) >= 11 is 0. The number of anilines is 1. The van der Waals surface area contributed by atoms with E-state index < -0.39 is 35.8 Å². The molecular weight excluding hydrogens is 375 g/mol. The molecule has 1 aliphatic heterocycles. The molecule has 28 heavy (non-hydrogen) atoms. The van der Waals surface area contributed by atoms with Crippen molar-refractivity contribution in [1.29, 1.82) is 0 Å². The zero-order valence-corrected chi connectivity index (χ0v) is 16.4. The van der Waals surface area contributed by atoms with Crippen molar-refractivity contribution in [3.63, 3.8) is 0 Å². The van der Waals surface area contributed by atoms with Crippen LogP contribution in [0.5, 0.6) is 0 Å². The summed E-state index contributed by atoms with van der Waals surface area (Å²) < 4.78 is 37.3. The zero-order valence-electron chi connectivity index (χ0n) is 16.4. The molecule has 2 amide bonds. The minimum absolute atomic E-state index is 0.265. The highest BCUT2D eigenvalue weighted by atomic mass is 19.4. The van der Waals surface area contributed by atoms with Gasteiger partial charge in [-0.05, 0) is 51.8 Å². The van der Waals surface area contributed by atoms with Crippen molar-refractivity contribution in [2.24, 2.45) is 0 Å². The molecule has 2 atom stereocenters. The first-order valence-electron chi connectivity index (χ1n) is 9.05. The maximum absolute atomic E-state index is 12.4. The zero-order chi connectivity index (χ0) is 21.3. The molecule has 0 spiro atoms. The summed E-state index contributed by atoms with van der Waals surface area (Å²) in [6.07, 6.45) is -5.51. The molecule has 156 valence electrons. The van der Waals surface area contributed by atoms with E-state index in [1.165, 1.54) is 4.90 Å². The number of alkyl halides is 3. The van der Waals surface area contributed by atoms with E-state index in [0.29, 0.717) is 13.0 Å². The normalized spacial score (nSPS) is 18.7. The van der Waals surface area contributed by atoms with Gasteiger partial charge in [-0.1, -0.05) is 12.1 Å². The number of benzene rings is 1. The van der Waals surface area contributed by atoms with E-state index in [4.69, 9.17) is 0 Å². The summed E-state index contributed by atoms with van der Waals surface area (Å²) in [6, 6.07) is 6.31. The highest BCUT2D eigenvalue weighted by Crippen LogP contribution is 2.31. The van der Waals surface area contributed by atoms with Gasteiger partial charge in [-0.15, -0.1) is 0 Å². The Hall–Kier alpha value is -2.45. The molecule has 0 aliphatic carbocycles. The van der Waals surface area contributed by atoms with Gasteiger partial charge < -0.3 is 15.3 Å². The lowest BCUT2D eigenvalue weighted by Gasteiger charge is -2.38. The Balaban J connectivity index is 2.13. The second kappa shape index (κ2) is 7.89. The summed E-state index contributed by atoms with van der Waals surface area (Å²) in [7, 11) is 0. The average Bonchev–Trinajstić information content (AvgIpc) is 3.01. The van der Waals surface area contributed by atoms with E-state index in [1.54, 1.807) is 13.0 Å². The summed E-state index contributed by atoms with van der Waals surface area (Å²) in [4.78, 5) is 26.1. The van der Waals surface area contributed by atoms with E-state index in [0.717, 1.165) is 11.3 Å². The number of carbonyl (C=O) groups excluding carboxylic acids is 1. The maximum Gasteiger partial charge on any atom is 0.471 e. The number of nitrogens with one attached hydrogen (secondary N) is 1. The summed E-state index contributed by atoms with van der Waals surface area (Å²) in [5.41, 5.74) is 0.979. The smallest absolute Gasteiger partial charge is 0.465 e. The Morgan fingerprint density at radius 3 is 2.46 bits per heavy atom. The molecule has 1 aromatic rings. The highest BCUT2D eigenvalue weighted by molar-refractivity contribution is 5.82. The van der Waals surface area contributed by atoms with Crippen LogP contribution < -0.4 is 10.2 Å². The quantitative estimate of drug-likeness (QED) is 0.805. The van der Waals surface area contributed by atoms with Gasteiger partial charge in [0, 0.05) is 30.4 Å². The fourth-order valence-electron chi connectivity index (χ4n) is 3.54. The van der Waals surface area contributed by atoms with Crippen LogP contribution in [0.2, 0.25) is 0 Å². The van der Waals surface area contributed by atoms with Crippen molar-refractivity contribution in [3.05, 3.63) is 29.8 Å². The number of rotatable bonds is 4. The van der Waals surface area contributed by atoms with E-state index in [9.17, 15) is 27.9 Å². The number of amides is 2. The van der Waals surface area contributed by atoms with Gasteiger partial charge in [0.25, 0.3) is 0 Å². The SMILES string of the molecule is C[C@@H](c1cccc(N2CC[C@@H](NC(=O)C(F)(F)F)C2)c1)N(C(=O)O)C(C)(C)C. The first-order valence-corrected chi connectivity index (χ1v) is 9.05. The third-order valence-corrected chi connectivity index (χ3v) is 4.81. The van der Waals surface area contributed by atoms with Crippen LogP contribution in [0.25, 0.3) is 0 Å². The molecule has 2 N–H and O–H groups in total. The molecular formula is C19H26F3N3O3. The molecule has 0 aromatic heterocycles. The lowest BCUT2D eigenvalue weighted by molar-refractivity contribution is -0.174. The summed E-state index contributed by atoms with van der Waals surface area (Å²) in [5.74, 6) is -1.93. The van der Waals surface area contributed by atoms with Crippen LogP contribution in [-0.2, 0) is 4.79 Å². The maximum atomic E-state index is 12.4. The van der Waals surface area contributed by atoms with Gasteiger partial charge >= 0.3 is 18.2 Å². The Kier molecular flexibility index (Phi) is 6.15. The molecule has 1 fully saturated rings. The first kappa shape index (κ1) is 21.8. The minimum atomic E-state index is -4.89. The number of halogens is 3. The molecule has 1 aliphatic rings. The van der Waals surface area contributed by atoms with Crippen molar-refractivity contribution in [3.8, 4) is 0 Å². The van der Waals surface area contributed by atoms with Crippen LogP contribution in [0.1, 0.15) is 45.7 Å². The van der Waals surface area contributed by atoms with Crippen LogP contribution in [0.3, 0.4) is 0 Å². The molecule has 2 rings (SSSR count). The minimum Gasteiger partial charge on any atom is -0.465 e. The molecule has 1 aromatic carbocycles. The number of carboxylic acid groups (broad SMARTS) is 1. The lowest BCUT2D eigenvalue weighted by atomic mass is 9.99. The van der Waals surface area contributed by atoms with Crippen LogP contribution in [0, 0.1) is 0 Å². The van der Waals surface area contributed by atoms with Gasteiger partial charge in [0.2, 0.25) is 0 Å². The van der Waals surface area contributed by atoms with Gasteiger partial charge in [-0.2, -0.15) is 13.2 Å². The van der Waals surface area contributed by atoms with Gasteiger partial charge in [-0.3, -0.25) is 9.69 Å². The summed E-state index contributed by atoms with van der Waals surface area (Å²) in [6.45, 7) is 8.01. The van der Waals surface area contributed by atoms with Gasteiger partial charge in [-0.25, -0.2) is 4.79 Å². The van der Waals surface area contributed by atoms with E-state index in [1.807, 2.05) is 49.2 Å². The van der Waals surface area contributed by atoms with Crippen LogP contribution in [0.4, 0.5) is 23.7 Å². The standard InChI is InChI=1S/C19H26F3N3O3/c1-12(25(17(27)28)18(2,3)4)13-6-5-7-15(10-13)24-9-8-14(11-24)23-16(26)19(20,21)22/h5-7,10,12,14H,8-9,11H2,1-4H3,(H,23,26)(H,27,28)/t12-,14+/m0/s1. The molecule has 0 unspecified atom stereocenters. The number of nitrogens with zero attached hydrogens (tertiary/aromatic N) is 2. The Labute approximate surface area is 162 Å². The van der Waals surface area contributed by atoms with Crippen LogP contribution in [0.15, 0.2) is 24.3 Å². The monoisotopic (exact) mass is 401 g/mol. The second-order valence-electron chi connectivity index (χ2n) is 8.00. The highest BCUT2D eigenvalue weighted by Gasteiger charge is 2.40. The molecule has 9 heteroatoms. The average molecular weight is 401 g/mol. The van der Waals surface area contributed by atoms with Crippen molar-refractivity contribution in [2.75, 3.05) is 18.0 Å². The number of hydrogen-bond acceptors (Lipinski definition) is 3. The second-order valence-corrected chi connectivity index (χ2v) is 8.00. The largest absolute Gasteiger partial charge is 0.471 e. The van der Waals surface area contributed by atoms with Crippen molar-refractivity contribution < 1.29 is 27.9 Å². The van der Waals surface area contributed by atoms with E-state index in [2.05, 4.69) is 0 Å². The van der Waals surface area contributed by atoms with Crippen LogP contribution in [-0.4, -0.2) is 52.9 Å². The molecule has 0 saturated carbocycles. The molecule has 1 saturated heterocycles. The van der Waals surface area contributed by atoms with Gasteiger partial charge in [0.05, 0.1) is 6.04 Å². The summed E-state index contributed by atoms with van der Waals surface area (Å²) in [5, 5.41) is 11.6. The molecule has 1 heterocycles. The Morgan fingerprint density at radius 2 is 1.93 bits per heavy atom. The molecule has 0 bridgehead atoms. The number of carbonyl (C=O) groups is 2. The lowest BCUT2D eigenvalue weighted by Crippen LogP contribution is -2.46. The number of hydrogen-bond donors (Lipinski definition) is 2. The fourth-order valence-corrected chi connectivity index (χ4v) is 3.54. The van der Waals surface area contributed by atoms with Gasteiger partial charge in [0.15, 0.2) is 0 Å². The predicted octanol–water partition coefficient (Wildman–Crippen LogP) is 3.78. The predicted molar refractivity (Wildman–Crippen MR) is 99.3 cm³/mol. The van der Waals surface area contributed by atoms with Gasteiger partial charge in [0.1, 0.15) is 0 Å². The third kappa shape index (κ3) is 5.08. The Bertz CT molecular complexity index is 731. The Morgan fingerprint density at radius 1 is 1.29 bits per heavy atom. The third-order valence-electron chi connectivity index (χ3n) is 4.81. The fraction of sp³-hybridized carbons (Fsp3) is 0.579.